The normalized spacial score (nSPS) is 11.4. The number of benzene rings is 1. The van der Waals surface area contributed by atoms with Gasteiger partial charge in [-0.1, -0.05) is 37.6 Å². The lowest BCUT2D eigenvalue weighted by molar-refractivity contribution is 0.0786. The van der Waals surface area contributed by atoms with Gasteiger partial charge in [-0.2, -0.15) is 5.10 Å². The highest BCUT2D eigenvalue weighted by Gasteiger charge is 2.22. The highest BCUT2D eigenvalue weighted by molar-refractivity contribution is 5.94. The predicted octanol–water partition coefficient (Wildman–Crippen LogP) is 4.33. The van der Waals surface area contributed by atoms with E-state index in [4.69, 9.17) is 0 Å². The number of carbonyl (C=O) groups excluding carboxylic acids is 1. The standard InChI is InChI=1S/C26H32N6O/c1-5-6-14-30(4)26(33)25-23(31-15-10-9-13-24(31)28-25)19-29(3)17-21-16-27-32(18-21)22-12-8-7-11-20(22)2/h7-13,15-16,18H,5-6,14,17,19H2,1-4H3. The molecule has 3 heterocycles. The number of nitrogens with zero attached hydrogens (tertiary/aromatic N) is 6. The number of fused-ring (bicyclic) bond motifs is 1. The van der Waals surface area contributed by atoms with Crippen LogP contribution in [0.3, 0.4) is 0 Å². The molecule has 4 rings (SSSR count). The van der Waals surface area contributed by atoms with E-state index in [1.165, 1.54) is 5.56 Å². The molecule has 33 heavy (non-hydrogen) atoms. The number of amides is 1. The molecule has 7 nitrogen and oxygen atoms in total. The number of hydrogen-bond acceptors (Lipinski definition) is 4. The van der Waals surface area contributed by atoms with E-state index in [0.29, 0.717) is 18.8 Å². The molecule has 0 aliphatic carbocycles. The van der Waals surface area contributed by atoms with Crippen molar-refractivity contribution in [1.29, 1.82) is 0 Å². The fourth-order valence-electron chi connectivity index (χ4n) is 4.06. The zero-order valence-electron chi connectivity index (χ0n) is 19.9. The first kappa shape index (κ1) is 22.7. The molecule has 7 heteroatoms. The van der Waals surface area contributed by atoms with Crippen LogP contribution in [0.15, 0.2) is 61.1 Å². The molecule has 0 saturated carbocycles. The van der Waals surface area contributed by atoms with Crippen molar-refractivity contribution in [2.24, 2.45) is 0 Å². The summed E-state index contributed by atoms with van der Waals surface area (Å²) in [4.78, 5) is 21.8. The van der Waals surface area contributed by atoms with E-state index in [-0.39, 0.29) is 5.91 Å². The number of unbranched alkanes of at least 4 members (excludes halogenated alkanes) is 1. The van der Waals surface area contributed by atoms with Gasteiger partial charge in [0, 0.05) is 44.6 Å². The van der Waals surface area contributed by atoms with E-state index in [1.54, 1.807) is 4.90 Å². The molecular weight excluding hydrogens is 412 g/mol. The minimum absolute atomic E-state index is 0.0251. The molecule has 0 atom stereocenters. The fourth-order valence-corrected chi connectivity index (χ4v) is 4.06. The maximum absolute atomic E-state index is 13.2. The molecule has 0 saturated heterocycles. The van der Waals surface area contributed by atoms with Crippen molar-refractivity contribution in [2.45, 2.75) is 39.8 Å². The number of rotatable bonds is 9. The molecule has 0 spiro atoms. The first-order valence-electron chi connectivity index (χ1n) is 11.5. The fraction of sp³-hybridized carbons (Fsp3) is 0.346. The van der Waals surface area contributed by atoms with Crippen LogP contribution in [0.4, 0.5) is 0 Å². The van der Waals surface area contributed by atoms with Gasteiger partial charge in [-0.25, -0.2) is 9.67 Å². The maximum Gasteiger partial charge on any atom is 0.274 e. The van der Waals surface area contributed by atoms with Gasteiger partial charge in [-0.15, -0.1) is 0 Å². The number of pyridine rings is 1. The van der Waals surface area contributed by atoms with Crippen LogP contribution in [0.5, 0.6) is 0 Å². The van der Waals surface area contributed by atoms with E-state index < -0.39 is 0 Å². The van der Waals surface area contributed by atoms with E-state index in [9.17, 15) is 4.79 Å². The van der Waals surface area contributed by atoms with Gasteiger partial charge in [-0.3, -0.25) is 9.69 Å². The van der Waals surface area contributed by atoms with E-state index in [2.05, 4.69) is 54.2 Å². The van der Waals surface area contributed by atoms with E-state index in [1.807, 2.05) is 58.9 Å². The van der Waals surface area contributed by atoms with Crippen molar-refractivity contribution < 1.29 is 4.79 Å². The van der Waals surface area contributed by atoms with Crippen molar-refractivity contribution in [3.8, 4) is 5.69 Å². The Bertz CT molecular complexity index is 1240. The Balaban J connectivity index is 1.55. The van der Waals surface area contributed by atoms with Gasteiger partial charge in [-0.05, 0) is 44.2 Å². The lowest BCUT2D eigenvalue weighted by atomic mass is 10.2. The summed E-state index contributed by atoms with van der Waals surface area (Å²) in [6, 6.07) is 14.1. The van der Waals surface area contributed by atoms with Crippen molar-refractivity contribution in [3.05, 3.63) is 83.6 Å². The Morgan fingerprint density at radius 3 is 2.64 bits per heavy atom. The van der Waals surface area contributed by atoms with Gasteiger partial charge in [0.1, 0.15) is 5.65 Å². The third kappa shape index (κ3) is 4.98. The molecule has 172 valence electrons. The molecule has 1 amide bonds. The molecule has 0 fully saturated rings. The molecule has 0 aliphatic rings. The van der Waals surface area contributed by atoms with Crippen LogP contribution in [0.2, 0.25) is 0 Å². The minimum Gasteiger partial charge on any atom is -0.340 e. The van der Waals surface area contributed by atoms with Crippen LogP contribution in [0, 0.1) is 6.92 Å². The number of para-hydroxylation sites is 1. The maximum atomic E-state index is 13.2. The quantitative estimate of drug-likeness (QED) is 0.386. The van der Waals surface area contributed by atoms with Crippen molar-refractivity contribution >= 4 is 11.6 Å². The van der Waals surface area contributed by atoms with Gasteiger partial charge < -0.3 is 9.30 Å². The number of hydrogen-bond donors (Lipinski definition) is 0. The molecule has 0 N–H and O–H groups in total. The molecule has 0 radical (unpaired) electrons. The number of imidazole rings is 1. The van der Waals surface area contributed by atoms with Crippen molar-refractivity contribution in [3.63, 3.8) is 0 Å². The Hall–Kier alpha value is -3.45. The molecule has 1 aromatic carbocycles. The highest BCUT2D eigenvalue weighted by atomic mass is 16.2. The Kier molecular flexibility index (Phi) is 6.89. The van der Waals surface area contributed by atoms with Crippen LogP contribution in [0.25, 0.3) is 11.3 Å². The lowest BCUT2D eigenvalue weighted by Gasteiger charge is -2.19. The second kappa shape index (κ2) is 10.0. The summed E-state index contributed by atoms with van der Waals surface area (Å²) in [5.41, 5.74) is 5.61. The third-order valence-corrected chi connectivity index (χ3v) is 5.90. The SMILES string of the molecule is CCCCN(C)C(=O)c1nc2ccccn2c1CN(C)Cc1cnn(-c2ccccc2C)c1. The summed E-state index contributed by atoms with van der Waals surface area (Å²) in [5.74, 6) is -0.0251. The monoisotopic (exact) mass is 444 g/mol. The Morgan fingerprint density at radius 1 is 1.06 bits per heavy atom. The second-order valence-corrected chi connectivity index (χ2v) is 8.67. The zero-order chi connectivity index (χ0) is 23.4. The molecular formula is C26H32N6O. The number of aromatic nitrogens is 4. The average Bonchev–Trinajstić information content (AvgIpc) is 3.42. The first-order valence-corrected chi connectivity index (χ1v) is 11.5. The van der Waals surface area contributed by atoms with Gasteiger partial charge >= 0.3 is 0 Å². The molecule has 0 bridgehead atoms. The summed E-state index contributed by atoms with van der Waals surface area (Å²) < 4.78 is 3.94. The smallest absolute Gasteiger partial charge is 0.274 e. The summed E-state index contributed by atoms with van der Waals surface area (Å²) in [7, 11) is 3.91. The molecule has 3 aromatic heterocycles. The molecule has 0 aliphatic heterocycles. The van der Waals surface area contributed by atoms with Crippen LogP contribution >= 0.6 is 0 Å². The number of aryl methyl sites for hydroxylation is 1. The van der Waals surface area contributed by atoms with Gasteiger partial charge in [0.05, 0.1) is 17.6 Å². The Morgan fingerprint density at radius 2 is 1.85 bits per heavy atom. The summed E-state index contributed by atoms with van der Waals surface area (Å²) in [5, 5.41) is 4.56. The van der Waals surface area contributed by atoms with E-state index in [0.717, 1.165) is 42.0 Å². The van der Waals surface area contributed by atoms with Crippen LogP contribution < -0.4 is 0 Å². The zero-order valence-corrected chi connectivity index (χ0v) is 19.9. The summed E-state index contributed by atoms with van der Waals surface area (Å²) in [6.07, 6.45) is 7.98. The van der Waals surface area contributed by atoms with Gasteiger partial charge in [0.2, 0.25) is 0 Å². The van der Waals surface area contributed by atoms with Crippen molar-refractivity contribution in [1.82, 2.24) is 29.0 Å². The van der Waals surface area contributed by atoms with Gasteiger partial charge in [0.15, 0.2) is 5.69 Å². The second-order valence-electron chi connectivity index (χ2n) is 8.67. The van der Waals surface area contributed by atoms with Crippen LogP contribution in [-0.2, 0) is 13.1 Å². The van der Waals surface area contributed by atoms with Gasteiger partial charge in [0.25, 0.3) is 5.91 Å². The summed E-state index contributed by atoms with van der Waals surface area (Å²) >= 11 is 0. The average molecular weight is 445 g/mol. The van der Waals surface area contributed by atoms with Crippen LogP contribution in [-0.4, -0.2) is 55.5 Å². The first-order chi connectivity index (χ1) is 16.0. The highest BCUT2D eigenvalue weighted by Crippen LogP contribution is 2.19. The third-order valence-electron chi connectivity index (χ3n) is 5.90. The lowest BCUT2D eigenvalue weighted by Crippen LogP contribution is -2.30. The summed E-state index contributed by atoms with van der Waals surface area (Å²) in [6.45, 7) is 6.26. The minimum atomic E-state index is -0.0251. The predicted molar refractivity (Wildman–Crippen MR) is 131 cm³/mol. The van der Waals surface area contributed by atoms with Crippen molar-refractivity contribution in [2.75, 3.05) is 20.6 Å². The Labute approximate surface area is 195 Å². The van der Waals surface area contributed by atoms with Crippen LogP contribution in [0.1, 0.15) is 47.1 Å². The van der Waals surface area contributed by atoms with E-state index >= 15 is 0 Å². The molecule has 0 unspecified atom stereocenters. The molecule has 4 aromatic rings. The largest absolute Gasteiger partial charge is 0.340 e. The topological polar surface area (TPSA) is 58.7 Å². The number of carbonyl (C=O) groups is 1.